The molecular weight excluding hydrogens is 381 g/mol. The second kappa shape index (κ2) is 9.25. The van der Waals surface area contributed by atoms with E-state index < -0.39 is 0 Å². The summed E-state index contributed by atoms with van der Waals surface area (Å²) in [6.07, 6.45) is 3.96. The van der Waals surface area contributed by atoms with Gasteiger partial charge in [0.25, 0.3) is 0 Å². The Morgan fingerprint density at radius 1 is 1.07 bits per heavy atom. The smallest absolute Gasteiger partial charge is 0.216 e. The molecule has 0 fully saturated rings. The monoisotopic (exact) mass is 403 g/mol. The lowest BCUT2D eigenvalue weighted by molar-refractivity contribution is -0.118. The average molecular weight is 404 g/mol. The normalized spacial score (nSPS) is 11.1. The minimum atomic E-state index is 0.0263. The Morgan fingerprint density at radius 3 is 2.67 bits per heavy atom. The number of hydrogen-bond donors (Lipinski definition) is 1. The van der Waals surface area contributed by atoms with Crippen LogP contribution in [-0.4, -0.2) is 22.0 Å². The van der Waals surface area contributed by atoms with Crippen molar-refractivity contribution >= 4 is 40.1 Å². The number of unbranched alkanes of at least 4 members (excludes halogenated alkanes) is 2. The van der Waals surface area contributed by atoms with Crippen molar-refractivity contribution in [3.63, 3.8) is 0 Å². The molecule has 0 aliphatic heterocycles. The van der Waals surface area contributed by atoms with Gasteiger partial charge in [0.1, 0.15) is 5.82 Å². The highest BCUT2D eigenvalue weighted by molar-refractivity contribution is 6.42. The van der Waals surface area contributed by atoms with E-state index in [0.717, 1.165) is 54.6 Å². The SMILES string of the molecule is CC(=O)NCCCCCc1nc2ccccc2n1Cc1ccc(Cl)c(Cl)c1. The van der Waals surface area contributed by atoms with E-state index >= 15 is 0 Å². The van der Waals surface area contributed by atoms with Crippen LogP contribution in [0.25, 0.3) is 11.0 Å². The Kier molecular flexibility index (Phi) is 6.75. The van der Waals surface area contributed by atoms with Gasteiger partial charge in [-0.2, -0.15) is 0 Å². The second-order valence-electron chi connectivity index (χ2n) is 6.64. The molecule has 0 bridgehead atoms. The molecule has 0 unspecified atom stereocenters. The van der Waals surface area contributed by atoms with Gasteiger partial charge in [-0.3, -0.25) is 4.79 Å². The molecule has 27 heavy (non-hydrogen) atoms. The number of para-hydroxylation sites is 2. The highest BCUT2D eigenvalue weighted by Gasteiger charge is 2.11. The van der Waals surface area contributed by atoms with Crippen LogP contribution in [0.15, 0.2) is 42.5 Å². The molecule has 0 aliphatic rings. The van der Waals surface area contributed by atoms with Crippen LogP contribution in [0.1, 0.15) is 37.6 Å². The molecule has 142 valence electrons. The van der Waals surface area contributed by atoms with E-state index in [1.165, 1.54) is 0 Å². The Hall–Kier alpha value is -2.04. The first-order valence-corrected chi connectivity index (χ1v) is 9.92. The summed E-state index contributed by atoms with van der Waals surface area (Å²) in [6, 6.07) is 13.9. The number of amides is 1. The van der Waals surface area contributed by atoms with Crippen LogP contribution in [-0.2, 0) is 17.8 Å². The van der Waals surface area contributed by atoms with Gasteiger partial charge < -0.3 is 9.88 Å². The number of imidazole rings is 1. The van der Waals surface area contributed by atoms with Gasteiger partial charge in [0.05, 0.1) is 21.1 Å². The van der Waals surface area contributed by atoms with Gasteiger partial charge in [0.15, 0.2) is 0 Å². The first kappa shape index (κ1) is 19.7. The Balaban J connectivity index is 1.73. The summed E-state index contributed by atoms with van der Waals surface area (Å²) in [4.78, 5) is 15.7. The molecule has 2 aromatic carbocycles. The first-order chi connectivity index (χ1) is 13.0. The molecule has 1 amide bonds. The Morgan fingerprint density at radius 2 is 1.89 bits per heavy atom. The molecular formula is C21H23Cl2N3O. The lowest BCUT2D eigenvalue weighted by atomic mass is 10.1. The zero-order chi connectivity index (χ0) is 19.2. The van der Waals surface area contributed by atoms with Crippen molar-refractivity contribution in [1.29, 1.82) is 0 Å². The lowest BCUT2D eigenvalue weighted by Crippen LogP contribution is -2.20. The van der Waals surface area contributed by atoms with Crippen molar-refractivity contribution < 1.29 is 4.79 Å². The number of carbonyl (C=O) groups excluding carboxylic acids is 1. The summed E-state index contributed by atoms with van der Waals surface area (Å²) < 4.78 is 2.25. The maximum atomic E-state index is 10.9. The largest absolute Gasteiger partial charge is 0.356 e. The van der Waals surface area contributed by atoms with Crippen molar-refractivity contribution in [3.05, 3.63) is 63.9 Å². The zero-order valence-electron chi connectivity index (χ0n) is 15.3. The fourth-order valence-electron chi connectivity index (χ4n) is 3.16. The molecule has 1 heterocycles. The summed E-state index contributed by atoms with van der Waals surface area (Å²) >= 11 is 12.2. The van der Waals surface area contributed by atoms with Gasteiger partial charge >= 0.3 is 0 Å². The van der Waals surface area contributed by atoms with Gasteiger partial charge in [-0.15, -0.1) is 0 Å². The molecule has 0 saturated heterocycles. The maximum absolute atomic E-state index is 10.9. The standard InChI is InChI=1S/C21H23Cl2N3O/c1-15(27)24-12-6-2-3-9-21-25-19-7-4-5-8-20(19)26(21)14-16-10-11-17(22)18(23)13-16/h4-5,7-8,10-11,13H,2-3,6,9,12,14H2,1H3,(H,24,27). The molecule has 1 N–H and O–H groups in total. The summed E-state index contributed by atoms with van der Waals surface area (Å²) in [5.41, 5.74) is 3.22. The number of nitrogens with zero attached hydrogens (tertiary/aromatic N) is 2. The molecule has 3 aromatic rings. The molecule has 1 aromatic heterocycles. The minimum Gasteiger partial charge on any atom is -0.356 e. The molecule has 0 saturated carbocycles. The minimum absolute atomic E-state index is 0.0263. The average Bonchev–Trinajstić information content (AvgIpc) is 2.98. The highest BCUT2D eigenvalue weighted by Crippen LogP contribution is 2.25. The van der Waals surface area contributed by atoms with Gasteiger partial charge in [-0.25, -0.2) is 4.98 Å². The number of halogens is 2. The quantitative estimate of drug-likeness (QED) is 0.522. The number of aromatic nitrogens is 2. The predicted molar refractivity (Wildman–Crippen MR) is 112 cm³/mol. The van der Waals surface area contributed by atoms with E-state index in [4.69, 9.17) is 28.2 Å². The molecule has 0 spiro atoms. The van der Waals surface area contributed by atoms with Crippen molar-refractivity contribution in [2.24, 2.45) is 0 Å². The van der Waals surface area contributed by atoms with E-state index in [-0.39, 0.29) is 5.91 Å². The first-order valence-electron chi connectivity index (χ1n) is 9.17. The number of aryl methyl sites for hydroxylation is 1. The van der Waals surface area contributed by atoms with Gasteiger partial charge in [-0.05, 0) is 42.7 Å². The van der Waals surface area contributed by atoms with E-state index in [1.807, 2.05) is 36.4 Å². The summed E-state index contributed by atoms with van der Waals surface area (Å²) in [6.45, 7) is 2.99. The van der Waals surface area contributed by atoms with E-state index in [2.05, 4.69) is 16.0 Å². The third kappa shape index (κ3) is 5.24. The number of fused-ring (bicyclic) bond motifs is 1. The van der Waals surface area contributed by atoms with Crippen LogP contribution in [0.3, 0.4) is 0 Å². The number of hydrogen-bond acceptors (Lipinski definition) is 2. The van der Waals surface area contributed by atoms with Crippen LogP contribution < -0.4 is 5.32 Å². The molecule has 0 aliphatic carbocycles. The topological polar surface area (TPSA) is 46.9 Å². The molecule has 3 rings (SSSR count). The number of carbonyl (C=O) groups is 1. The van der Waals surface area contributed by atoms with Crippen molar-refractivity contribution in [2.45, 2.75) is 39.2 Å². The van der Waals surface area contributed by atoms with Crippen molar-refractivity contribution in [2.75, 3.05) is 6.54 Å². The molecule has 0 atom stereocenters. The maximum Gasteiger partial charge on any atom is 0.216 e. The van der Waals surface area contributed by atoms with Crippen LogP contribution in [0.2, 0.25) is 10.0 Å². The van der Waals surface area contributed by atoms with Crippen molar-refractivity contribution in [3.8, 4) is 0 Å². The van der Waals surface area contributed by atoms with Crippen molar-refractivity contribution in [1.82, 2.24) is 14.9 Å². The predicted octanol–water partition coefficient (Wildman–Crippen LogP) is 5.24. The zero-order valence-corrected chi connectivity index (χ0v) is 16.9. The van der Waals surface area contributed by atoms with Gasteiger partial charge in [0, 0.05) is 26.4 Å². The summed E-state index contributed by atoms with van der Waals surface area (Å²) in [5.74, 6) is 1.10. The molecule has 6 heteroatoms. The van der Waals surface area contributed by atoms with Gasteiger partial charge in [-0.1, -0.05) is 47.8 Å². The van der Waals surface area contributed by atoms with E-state index in [0.29, 0.717) is 16.6 Å². The summed E-state index contributed by atoms with van der Waals surface area (Å²) in [5, 5.41) is 3.97. The van der Waals surface area contributed by atoms with Crippen LogP contribution >= 0.6 is 23.2 Å². The fourth-order valence-corrected chi connectivity index (χ4v) is 3.48. The molecule has 0 radical (unpaired) electrons. The van der Waals surface area contributed by atoms with Crippen LogP contribution in [0.4, 0.5) is 0 Å². The second-order valence-corrected chi connectivity index (χ2v) is 7.46. The van der Waals surface area contributed by atoms with Gasteiger partial charge in [0.2, 0.25) is 5.91 Å². The number of nitrogens with one attached hydrogen (secondary N) is 1. The van der Waals surface area contributed by atoms with E-state index in [9.17, 15) is 4.79 Å². The van der Waals surface area contributed by atoms with Crippen LogP contribution in [0.5, 0.6) is 0 Å². The molecule has 4 nitrogen and oxygen atoms in total. The Labute approximate surface area is 169 Å². The van der Waals surface area contributed by atoms with Crippen LogP contribution in [0, 0.1) is 0 Å². The number of benzene rings is 2. The fraction of sp³-hybridized carbons (Fsp3) is 0.333. The third-order valence-electron chi connectivity index (χ3n) is 4.51. The third-order valence-corrected chi connectivity index (χ3v) is 5.25. The Bertz CT molecular complexity index is 936. The highest BCUT2D eigenvalue weighted by atomic mass is 35.5. The lowest BCUT2D eigenvalue weighted by Gasteiger charge is -2.10. The van der Waals surface area contributed by atoms with E-state index in [1.54, 1.807) is 6.92 Å². The number of rotatable bonds is 8. The summed E-state index contributed by atoms with van der Waals surface area (Å²) in [7, 11) is 0.